The third-order valence-electron chi connectivity index (χ3n) is 3.02. The third-order valence-corrected chi connectivity index (χ3v) is 3.57. The van der Waals surface area contributed by atoms with E-state index in [2.05, 4.69) is 44.2 Å². The van der Waals surface area contributed by atoms with Crippen molar-refractivity contribution in [3.63, 3.8) is 0 Å². The van der Waals surface area contributed by atoms with Gasteiger partial charge in [-0.05, 0) is 53.6 Å². The Hall–Kier alpha value is -0.100. The van der Waals surface area contributed by atoms with Crippen molar-refractivity contribution in [2.45, 2.75) is 5.92 Å². The van der Waals surface area contributed by atoms with Crippen LogP contribution < -0.4 is 5.32 Å². The van der Waals surface area contributed by atoms with E-state index in [4.69, 9.17) is 0 Å². The molecular weight excluding hydrogens is 265 g/mol. The van der Waals surface area contributed by atoms with Gasteiger partial charge >= 0.3 is 0 Å². The lowest BCUT2D eigenvalue weighted by atomic mass is 10.2. The molecule has 2 heterocycles. The SMILES string of the molecule is Ic1cc(C2C3CNCC32)[nH]n1. The quantitative estimate of drug-likeness (QED) is 0.749. The highest BCUT2D eigenvalue weighted by Gasteiger charge is 2.54. The monoisotopic (exact) mass is 275 g/mol. The molecule has 0 aromatic carbocycles. The lowest BCUT2D eigenvalue weighted by Crippen LogP contribution is -2.14. The number of halogens is 1. The number of fused-ring (bicyclic) bond motifs is 1. The topological polar surface area (TPSA) is 40.7 Å². The van der Waals surface area contributed by atoms with Crippen molar-refractivity contribution >= 4 is 22.6 Å². The van der Waals surface area contributed by atoms with Crippen molar-refractivity contribution in [2.75, 3.05) is 13.1 Å². The summed E-state index contributed by atoms with van der Waals surface area (Å²) in [6, 6.07) is 2.17. The molecule has 12 heavy (non-hydrogen) atoms. The van der Waals surface area contributed by atoms with Crippen LogP contribution in [0.2, 0.25) is 0 Å². The van der Waals surface area contributed by atoms with Crippen molar-refractivity contribution in [1.82, 2.24) is 15.5 Å². The molecule has 0 spiro atoms. The Morgan fingerprint density at radius 2 is 2.17 bits per heavy atom. The van der Waals surface area contributed by atoms with Crippen molar-refractivity contribution < 1.29 is 0 Å². The average Bonchev–Trinajstić information content (AvgIpc) is 2.55. The number of H-pyrrole nitrogens is 1. The first-order valence-corrected chi connectivity index (χ1v) is 5.35. The first-order valence-electron chi connectivity index (χ1n) is 4.28. The maximum absolute atomic E-state index is 4.15. The van der Waals surface area contributed by atoms with Crippen LogP contribution in [0, 0.1) is 15.5 Å². The van der Waals surface area contributed by atoms with Gasteiger partial charge in [0.2, 0.25) is 0 Å². The fraction of sp³-hybridized carbons (Fsp3) is 0.625. The van der Waals surface area contributed by atoms with Gasteiger partial charge in [0.25, 0.3) is 0 Å². The molecule has 4 heteroatoms. The maximum atomic E-state index is 4.15. The lowest BCUT2D eigenvalue weighted by Gasteiger charge is -1.99. The number of hydrogen-bond donors (Lipinski definition) is 2. The van der Waals surface area contributed by atoms with Crippen molar-refractivity contribution in [1.29, 1.82) is 0 Å². The van der Waals surface area contributed by atoms with Gasteiger partial charge in [-0.2, -0.15) is 5.10 Å². The summed E-state index contributed by atoms with van der Waals surface area (Å²) in [5, 5.41) is 10.6. The molecule has 1 saturated carbocycles. The Morgan fingerprint density at radius 1 is 1.42 bits per heavy atom. The molecule has 2 atom stereocenters. The number of aromatic nitrogens is 2. The molecule has 0 bridgehead atoms. The van der Waals surface area contributed by atoms with Gasteiger partial charge in [-0.25, -0.2) is 0 Å². The summed E-state index contributed by atoms with van der Waals surface area (Å²) in [4.78, 5) is 0. The van der Waals surface area contributed by atoms with E-state index in [-0.39, 0.29) is 0 Å². The van der Waals surface area contributed by atoms with Crippen molar-refractivity contribution in [2.24, 2.45) is 11.8 Å². The van der Waals surface area contributed by atoms with Crippen LogP contribution in [0.5, 0.6) is 0 Å². The molecule has 3 nitrogen and oxygen atoms in total. The number of nitrogens with one attached hydrogen (secondary N) is 2. The lowest BCUT2D eigenvalue weighted by molar-refractivity contribution is 0.673. The fourth-order valence-electron chi connectivity index (χ4n) is 2.36. The molecule has 1 aromatic rings. The maximum Gasteiger partial charge on any atom is 0.123 e. The smallest absolute Gasteiger partial charge is 0.123 e. The molecular formula is C8H10IN3. The molecule has 1 saturated heterocycles. The summed E-state index contributed by atoms with van der Waals surface area (Å²) < 4.78 is 1.08. The summed E-state index contributed by atoms with van der Waals surface area (Å²) >= 11 is 2.25. The number of nitrogens with zero attached hydrogens (tertiary/aromatic N) is 1. The second-order valence-corrected chi connectivity index (χ2v) is 4.76. The minimum atomic E-state index is 0.780. The average molecular weight is 275 g/mol. The van der Waals surface area contributed by atoms with Crippen LogP contribution in [0.4, 0.5) is 0 Å². The number of rotatable bonds is 1. The number of piperidine rings is 1. The molecule has 2 unspecified atom stereocenters. The molecule has 1 aliphatic heterocycles. The van der Waals surface area contributed by atoms with Crippen molar-refractivity contribution in [3.05, 3.63) is 15.5 Å². The van der Waals surface area contributed by atoms with E-state index in [1.807, 2.05) is 0 Å². The van der Waals surface area contributed by atoms with Crippen LogP contribution in [-0.2, 0) is 0 Å². The highest BCUT2D eigenvalue weighted by atomic mass is 127. The summed E-state index contributed by atoms with van der Waals surface area (Å²) in [5.74, 6) is 2.56. The van der Waals surface area contributed by atoms with Gasteiger partial charge in [-0.3, -0.25) is 5.10 Å². The molecule has 3 rings (SSSR count). The number of hydrogen-bond acceptors (Lipinski definition) is 2. The van der Waals surface area contributed by atoms with Gasteiger partial charge in [0.15, 0.2) is 0 Å². The van der Waals surface area contributed by atoms with Crippen LogP contribution in [0.3, 0.4) is 0 Å². The van der Waals surface area contributed by atoms with Gasteiger partial charge < -0.3 is 5.32 Å². The van der Waals surface area contributed by atoms with Gasteiger partial charge in [0.1, 0.15) is 3.70 Å². The molecule has 0 amide bonds. The van der Waals surface area contributed by atoms with E-state index in [1.54, 1.807) is 0 Å². The van der Waals surface area contributed by atoms with Gasteiger partial charge in [-0.15, -0.1) is 0 Å². The Balaban J connectivity index is 1.84. The Kier molecular flexibility index (Phi) is 1.49. The van der Waals surface area contributed by atoms with E-state index < -0.39 is 0 Å². The van der Waals surface area contributed by atoms with Gasteiger partial charge in [0.05, 0.1) is 0 Å². The van der Waals surface area contributed by atoms with Gasteiger partial charge in [0, 0.05) is 11.6 Å². The van der Waals surface area contributed by atoms with Crippen LogP contribution in [0.1, 0.15) is 11.6 Å². The third kappa shape index (κ3) is 0.939. The first-order chi connectivity index (χ1) is 5.86. The van der Waals surface area contributed by atoms with E-state index in [0.29, 0.717) is 0 Å². The molecule has 1 aromatic heterocycles. The largest absolute Gasteiger partial charge is 0.316 e. The predicted molar refractivity (Wildman–Crippen MR) is 53.9 cm³/mol. The van der Waals surface area contributed by atoms with E-state index in [1.165, 1.54) is 18.8 Å². The highest BCUT2D eigenvalue weighted by Crippen LogP contribution is 2.55. The molecule has 64 valence electrons. The fourth-order valence-corrected chi connectivity index (χ4v) is 2.82. The summed E-state index contributed by atoms with van der Waals surface area (Å²) in [5.41, 5.74) is 1.34. The zero-order valence-corrected chi connectivity index (χ0v) is 8.71. The van der Waals surface area contributed by atoms with Crippen LogP contribution in [0.15, 0.2) is 6.07 Å². The normalized spacial score (nSPS) is 38.2. The second-order valence-electron chi connectivity index (χ2n) is 3.66. The molecule has 2 fully saturated rings. The van der Waals surface area contributed by atoms with E-state index in [9.17, 15) is 0 Å². The van der Waals surface area contributed by atoms with Crippen LogP contribution in [0.25, 0.3) is 0 Å². The standard InChI is InChI=1S/C8H10IN3/c9-7-1-6(11-12-7)8-4-2-10-3-5(4)8/h1,4-5,8,10H,2-3H2,(H,11,12). The second kappa shape index (κ2) is 2.45. The summed E-state index contributed by atoms with van der Waals surface area (Å²) in [7, 11) is 0. The van der Waals surface area contributed by atoms with Crippen LogP contribution in [-0.4, -0.2) is 23.3 Å². The first kappa shape index (κ1) is 7.32. The minimum absolute atomic E-state index is 0.780. The highest BCUT2D eigenvalue weighted by molar-refractivity contribution is 14.1. The van der Waals surface area contributed by atoms with Crippen LogP contribution >= 0.6 is 22.6 Å². The van der Waals surface area contributed by atoms with E-state index >= 15 is 0 Å². The Labute approximate surface area is 84.5 Å². The Morgan fingerprint density at radius 3 is 2.75 bits per heavy atom. The zero-order valence-electron chi connectivity index (χ0n) is 6.55. The molecule has 2 N–H and O–H groups in total. The van der Waals surface area contributed by atoms with E-state index in [0.717, 1.165) is 21.5 Å². The predicted octanol–water partition coefficient (Wildman–Crippen LogP) is 0.947. The molecule has 2 aliphatic rings. The van der Waals surface area contributed by atoms with Gasteiger partial charge in [-0.1, -0.05) is 0 Å². The summed E-state index contributed by atoms with van der Waals surface area (Å²) in [6.07, 6.45) is 0. The van der Waals surface area contributed by atoms with Crippen molar-refractivity contribution in [3.8, 4) is 0 Å². The molecule has 1 aliphatic carbocycles. The molecule has 0 radical (unpaired) electrons. The zero-order chi connectivity index (χ0) is 8.13. The number of aromatic amines is 1. The summed E-state index contributed by atoms with van der Waals surface area (Å²) in [6.45, 7) is 2.40. The Bertz CT molecular complexity index is 299. The minimum Gasteiger partial charge on any atom is -0.316 e.